The number of hydrogen-bond donors (Lipinski definition) is 0. The van der Waals surface area contributed by atoms with Crippen LogP contribution in [0.5, 0.6) is 0 Å². The third kappa shape index (κ3) is 4.55. The van der Waals surface area contributed by atoms with Crippen molar-refractivity contribution in [1.82, 2.24) is 4.90 Å². The zero-order chi connectivity index (χ0) is 23.6. The Kier molecular flexibility index (Phi) is 6.61. The second kappa shape index (κ2) is 9.43. The quantitative estimate of drug-likeness (QED) is 0.346. The van der Waals surface area contributed by atoms with Crippen LogP contribution in [-0.2, 0) is 23.9 Å². The average molecular weight is 466 g/mol. The van der Waals surface area contributed by atoms with Gasteiger partial charge in [0, 0.05) is 5.57 Å². The molecule has 0 bridgehead atoms. The van der Waals surface area contributed by atoms with E-state index in [1.54, 1.807) is 24.8 Å². The summed E-state index contributed by atoms with van der Waals surface area (Å²) in [6.07, 6.45) is 1.50. The van der Waals surface area contributed by atoms with Crippen molar-refractivity contribution in [2.24, 2.45) is 0 Å². The van der Waals surface area contributed by atoms with Gasteiger partial charge >= 0.3 is 11.9 Å². The minimum atomic E-state index is -0.840. The van der Waals surface area contributed by atoms with Crippen LogP contribution in [-0.4, -0.2) is 45.5 Å². The number of β-lactam (4-membered cyclic amide) rings is 1. The van der Waals surface area contributed by atoms with Crippen LogP contribution in [0.2, 0.25) is 0 Å². The smallest absolute Gasteiger partial charge is 0.333 e. The Morgan fingerprint density at radius 2 is 1.70 bits per heavy atom. The lowest BCUT2D eigenvalue weighted by molar-refractivity contribution is -0.163. The molecule has 172 valence electrons. The first-order valence-electron chi connectivity index (χ1n) is 11.0. The number of carbonyl (C=O) groups excluding carboxylic acids is 3. The minimum absolute atomic E-state index is 0.0867. The summed E-state index contributed by atoms with van der Waals surface area (Å²) in [5, 5.41) is -0.113. The van der Waals surface area contributed by atoms with Crippen molar-refractivity contribution in [3.05, 3.63) is 83.4 Å². The van der Waals surface area contributed by atoms with E-state index >= 15 is 0 Å². The number of esters is 2. The maximum absolute atomic E-state index is 13.7. The highest BCUT2D eigenvalue weighted by molar-refractivity contribution is 8.01. The van der Waals surface area contributed by atoms with Crippen LogP contribution in [0.4, 0.5) is 0 Å². The molecular weight excluding hydrogens is 438 g/mol. The van der Waals surface area contributed by atoms with Gasteiger partial charge in [-0.3, -0.25) is 4.79 Å². The van der Waals surface area contributed by atoms with E-state index in [2.05, 4.69) is 0 Å². The van der Waals surface area contributed by atoms with Crippen molar-refractivity contribution >= 4 is 29.6 Å². The number of amides is 1. The molecule has 6 nitrogen and oxygen atoms in total. The first-order valence-corrected chi connectivity index (χ1v) is 11.9. The maximum Gasteiger partial charge on any atom is 0.333 e. The summed E-state index contributed by atoms with van der Waals surface area (Å²) in [5.41, 5.74) is 2.09. The van der Waals surface area contributed by atoms with E-state index in [-0.39, 0.29) is 17.9 Å². The molecule has 0 aromatic heterocycles. The molecule has 2 aromatic rings. The zero-order valence-electron chi connectivity index (χ0n) is 18.9. The van der Waals surface area contributed by atoms with Gasteiger partial charge in [-0.1, -0.05) is 66.7 Å². The number of fused-ring (bicyclic) bond motifs is 1. The van der Waals surface area contributed by atoms with Crippen LogP contribution >= 0.6 is 11.8 Å². The number of hydrogen-bond acceptors (Lipinski definition) is 6. The summed E-state index contributed by atoms with van der Waals surface area (Å²) >= 11 is 1.51. The molecule has 2 saturated heterocycles. The molecule has 4 rings (SSSR count). The molecule has 0 spiro atoms. The fourth-order valence-electron chi connectivity index (χ4n) is 4.40. The summed E-state index contributed by atoms with van der Waals surface area (Å²) < 4.78 is 10.4. The van der Waals surface area contributed by atoms with Crippen LogP contribution in [0, 0.1) is 0 Å². The van der Waals surface area contributed by atoms with Gasteiger partial charge in [0.25, 0.3) is 0 Å². The number of benzene rings is 2. The Bertz CT molecular complexity index is 1030. The SMILES string of the molecule is CCOC(=O)C(C)=C[C@]1(C)S[C@@H]2CC(=O)N2[C@H]1C(=O)OC(c1ccccc1)c1ccccc1. The predicted molar refractivity (Wildman–Crippen MR) is 126 cm³/mol. The van der Waals surface area contributed by atoms with E-state index in [0.29, 0.717) is 12.0 Å². The monoisotopic (exact) mass is 465 g/mol. The molecule has 0 radical (unpaired) electrons. The van der Waals surface area contributed by atoms with Gasteiger partial charge in [-0.05, 0) is 31.9 Å². The normalized spacial score (nSPS) is 24.3. The number of nitrogens with zero attached hydrogens (tertiary/aromatic N) is 1. The highest BCUT2D eigenvalue weighted by Crippen LogP contribution is 2.52. The Morgan fingerprint density at radius 1 is 1.12 bits per heavy atom. The molecule has 33 heavy (non-hydrogen) atoms. The molecule has 0 N–H and O–H groups in total. The van der Waals surface area contributed by atoms with Gasteiger partial charge in [-0.25, -0.2) is 9.59 Å². The molecule has 0 unspecified atom stereocenters. The zero-order valence-corrected chi connectivity index (χ0v) is 19.7. The summed E-state index contributed by atoms with van der Waals surface area (Å²) in [7, 11) is 0. The molecule has 0 aliphatic carbocycles. The van der Waals surface area contributed by atoms with Crippen molar-refractivity contribution in [3.8, 4) is 0 Å². The Balaban J connectivity index is 1.67. The van der Waals surface area contributed by atoms with Gasteiger partial charge in [0.15, 0.2) is 6.10 Å². The molecule has 2 aliphatic rings. The predicted octanol–water partition coefficient (Wildman–Crippen LogP) is 4.26. The summed E-state index contributed by atoms with van der Waals surface area (Å²) in [5.74, 6) is -1.01. The topological polar surface area (TPSA) is 72.9 Å². The molecule has 1 amide bonds. The van der Waals surface area contributed by atoms with Crippen LogP contribution in [0.1, 0.15) is 44.4 Å². The highest BCUT2D eigenvalue weighted by atomic mass is 32.2. The lowest BCUT2D eigenvalue weighted by Gasteiger charge is -2.38. The molecule has 7 heteroatoms. The van der Waals surface area contributed by atoms with Gasteiger partial charge in [0.05, 0.1) is 23.1 Å². The van der Waals surface area contributed by atoms with Crippen molar-refractivity contribution in [2.75, 3.05) is 6.61 Å². The first-order chi connectivity index (χ1) is 15.8. The van der Waals surface area contributed by atoms with Crippen molar-refractivity contribution < 1.29 is 23.9 Å². The number of carbonyl (C=O) groups is 3. The Hall–Kier alpha value is -3.06. The third-order valence-electron chi connectivity index (χ3n) is 5.92. The summed E-state index contributed by atoms with van der Waals surface area (Å²) in [6.45, 7) is 5.55. The van der Waals surface area contributed by atoms with Crippen LogP contribution < -0.4 is 0 Å². The summed E-state index contributed by atoms with van der Waals surface area (Å²) in [6, 6.07) is 18.2. The molecule has 2 aliphatic heterocycles. The number of rotatable bonds is 7. The Labute approximate surface area is 197 Å². The van der Waals surface area contributed by atoms with Crippen molar-refractivity contribution in [3.63, 3.8) is 0 Å². The molecule has 3 atom stereocenters. The van der Waals surface area contributed by atoms with Gasteiger partial charge in [0.2, 0.25) is 5.91 Å². The van der Waals surface area contributed by atoms with E-state index in [0.717, 1.165) is 11.1 Å². The standard InChI is InChI=1S/C26H27NO5S/c1-4-31-24(29)17(2)16-26(3)23(27-20(28)15-21(27)33-26)25(30)32-22(18-11-7-5-8-12-18)19-13-9-6-10-14-19/h5-14,16,21-23H,4,15H2,1-3H3/t21-,23+,26+/m1/s1. The first kappa shape index (κ1) is 23.1. The highest BCUT2D eigenvalue weighted by Gasteiger charge is 2.60. The van der Waals surface area contributed by atoms with Gasteiger partial charge in [-0.15, -0.1) is 11.8 Å². The fourth-order valence-corrected chi connectivity index (χ4v) is 6.15. The van der Waals surface area contributed by atoms with Gasteiger partial charge in [0.1, 0.15) is 6.04 Å². The van der Waals surface area contributed by atoms with Crippen LogP contribution in [0.3, 0.4) is 0 Å². The van der Waals surface area contributed by atoms with E-state index in [4.69, 9.17) is 9.47 Å². The lowest BCUT2D eigenvalue weighted by atomic mass is 9.94. The molecule has 2 heterocycles. The molecule has 0 saturated carbocycles. The largest absolute Gasteiger partial charge is 0.463 e. The lowest BCUT2D eigenvalue weighted by Crippen LogP contribution is -2.57. The van der Waals surface area contributed by atoms with E-state index in [1.165, 1.54) is 11.8 Å². The molecular formula is C26H27NO5S. The fraction of sp³-hybridized carbons (Fsp3) is 0.346. The summed E-state index contributed by atoms with van der Waals surface area (Å²) in [4.78, 5) is 39.9. The van der Waals surface area contributed by atoms with Crippen molar-refractivity contribution in [1.29, 1.82) is 0 Å². The van der Waals surface area contributed by atoms with Crippen LogP contribution in [0.15, 0.2) is 72.3 Å². The Morgan fingerprint density at radius 3 is 2.21 bits per heavy atom. The van der Waals surface area contributed by atoms with Crippen molar-refractivity contribution in [2.45, 2.75) is 49.5 Å². The second-order valence-corrected chi connectivity index (χ2v) is 10.0. The van der Waals surface area contributed by atoms with E-state index in [1.807, 2.05) is 67.6 Å². The third-order valence-corrected chi connectivity index (χ3v) is 7.44. The average Bonchev–Trinajstić information content (AvgIpc) is 3.05. The van der Waals surface area contributed by atoms with E-state index in [9.17, 15) is 14.4 Å². The maximum atomic E-state index is 13.7. The molecule has 2 aromatic carbocycles. The molecule has 2 fully saturated rings. The van der Waals surface area contributed by atoms with Gasteiger partial charge in [-0.2, -0.15) is 0 Å². The van der Waals surface area contributed by atoms with Crippen LogP contribution in [0.25, 0.3) is 0 Å². The number of ether oxygens (including phenoxy) is 2. The number of thioether (sulfide) groups is 1. The second-order valence-electron chi connectivity index (χ2n) is 8.35. The minimum Gasteiger partial charge on any atom is -0.463 e. The van der Waals surface area contributed by atoms with Gasteiger partial charge < -0.3 is 14.4 Å². The van der Waals surface area contributed by atoms with E-state index < -0.39 is 28.8 Å².